The average molecular weight is 435 g/mol. The van der Waals surface area contributed by atoms with Gasteiger partial charge < -0.3 is 9.80 Å². The lowest BCUT2D eigenvalue weighted by atomic mass is 10.0. The SMILES string of the molecule is CCCN(C(=O)c1ccc(SC(F)F)cc1)C1CCN(c2cc(C)nc(C)n2)CC1. The molecule has 0 aliphatic carbocycles. The largest absolute Gasteiger partial charge is 0.356 e. The number of carbonyl (C=O) groups excluding carboxylic acids is 1. The number of anilines is 1. The van der Waals surface area contributed by atoms with E-state index in [0.29, 0.717) is 28.8 Å². The zero-order chi connectivity index (χ0) is 21.7. The normalized spacial score (nSPS) is 14.9. The van der Waals surface area contributed by atoms with Crippen molar-refractivity contribution in [2.24, 2.45) is 0 Å². The van der Waals surface area contributed by atoms with Crippen LogP contribution in [0.1, 0.15) is 48.1 Å². The molecule has 0 saturated carbocycles. The van der Waals surface area contributed by atoms with E-state index in [4.69, 9.17) is 0 Å². The standard InChI is InChI=1S/C22H28F2N4OS/c1-4-11-28(21(29)17-5-7-19(8-6-17)30-22(23)24)18-9-12-27(13-10-18)20-14-15(2)25-16(3)26-20/h5-8,14,18,22H,4,9-13H2,1-3H3. The van der Waals surface area contributed by atoms with E-state index in [1.54, 1.807) is 24.3 Å². The van der Waals surface area contributed by atoms with E-state index in [2.05, 4.69) is 21.8 Å². The first-order chi connectivity index (χ1) is 14.4. The van der Waals surface area contributed by atoms with Crippen LogP contribution in [0.3, 0.4) is 0 Å². The van der Waals surface area contributed by atoms with Crippen molar-refractivity contribution in [1.29, 1.82) is 0 Å². The summed E-state index contributed by atoms with van der Waals surface area (Å²) in [5, 5.41) is 0. The van der Waals surface area contributed by atoms with Gasteiger partial charge in [0.1, 0.15) is 11.6 Å². The van der Waals surface area contributed by atoms with Crippen LogP contribution in [0.15, 0.2) is 35.2 Å². The molecule has 3 rings (SSSR count). The third-order valence-electron chi connectivity index (χ3n) is 5.23. The molecule has 1 aliphatic rings. The maximum absolute atomic E-state index is 13.1. The second-order valence-corrected chi connectivity index (χ2v) is 8.60. The van der Waals surface area contributed by atoms with Gasteiger partial charge in [-0.1, -0.05) is 18.7 Å². The van der Waals surface area contributed by atoms with Crippen molar-refractivity contribution in [3.05, 3.63) is 47.4 Å². The summed E-state index contributed by atoms with van der Waals surface area (Å²) >= 11 is 0.492. The number of hydrogen-bond acceptors (Lipinski definition) is 5. The summed E-state index contributed by atoms with van der Waals surface area (Å²) in [6, 6.07) is 8.65. The highest BCUT2D eigenvalue weighted by Gasteiger charge is 2.28. The molecule has 0 N–H and O–H groups in total. The third kappa shape index (κ3) is 5.68. The molecule has 1 aromatic carbocycles. The van der Waals surface area contributed by atoms with Crippen LogP contribution in [-0.2, 0) is 0 Å². The van der Waals surface area contributed by atoms with Crippen molar-refractivity contribution in [2.75, 3.05) is 24.5 Å². The molecule has 1 amide bonds. The van der Waals surface area contributed by atoms with Gasteiger partial charge >= 0.3 is 0 Å². The minimum absolute atomic E-state index is 0.0300. The summed E-state index contributed by atoms with van der Waals surface area (Å²) in [6.07, 6.45) is 2.61. The van der Waals surface area contributed by atoms with Crippen LogP contribution in [0.2, 0.25) is 0 Å². The molecule has 0 atom stereocenters. The molecular formula is C22H28F2N4OS. The number of rotatable bonds is 7. The van der Waals surface area contributed by atoms with Crippen molar-refractivity contribution in [3.8, 4) is 0 Å². The van der Waals surface area contributed by atoms with Gasteiger partial charge in [-0.3, -0.25) is 4.79 Å². The van der Waals surface area contributed by atoms with Crippen molar-refractivity contribution in [3.63, 3.8) is 0 Å². The molecule has 0 unspecified atom stereocenters. The Morgan fingerprint density at radius 2 is 1.87 bits per heavy atom. The van der Waals surface area contributed by atoms with Gasteiger partial charge in [0.2, 0.25) is 0 Å². The Labute approximate surface area is 180 Å². The molecule has 0 radical (unpaired) electrons. The Morgan fingerprint density at radius 3 is 2.43 bits per heavy atom. The van der Waals surface area contributed by atoms with Gasteiger partial charge in [-0.2, -0.15) is 8.78 Å². The van der Waals surface area contributed by atoms with Crippen LogP contribution in [0, 0.1) is 13.8 Å². The lowest BCUT2D eigenvalue weighted by Gasteiger charge is -2.39. The number of amides is 1. The summed E-state index contributed by atoms with van der Waals surface area (Å²) in [7, 11) is 0. The Kier molecular flexibility index (Phi) is 7.64. The lowest BCUT2D eigenvalue weighted by molar-refractivity contribution is 0.0649. The smallest absolute Gasteiger partial charge is 0.288 e. The topological polar surface area (TPSA) is 49.3 Å². The number of benzene rings is 1. The van der Waals surface area contributed by atoms with E-state index in [9.17, 15) is 13.6 Å². The number of thioether (sulfide) groups is 1. The molecule has 1 aliphatic heterocycles. The Balaban J connectivity index is 1.67. The second-order valence-electron chi connectivity index (χ2n) is 7.53. The molecular weight excluding hydrogens is 406 g/mol. The number of hydrogen-bond donors (Lipinski definition) is 0. The summed E-state index contributed by atoms with van der Waals surface area (Å²) in [5.74, 6) is -0.782. The van der Waals surface area contributed by atoms with Gasteiger partial charge in [0, 0.05) is 47.9 Å². The average Bonchev–Trinajstić information content (AvgIpc) is 2.71. The van der Waals surface area contributed by atoms with E-state index < -0.39 is 5.76 Å². The zero-order valence-corrected chi connectivity index (χ0v) is 18.5. The molecule has 0 bridgehead atoms. The monoisotopic (exact) mass is 434 g/mol. The van der Waals surface area contributed by atoms with Gasteiger partial charge in [0.15, 0.2) is 0 Å². The fourth-order valence-electron chi connectivity index (χ4n) is 3.90. The number of carbonyl (C=O) groups is 1. The Morgan fingerprint density at radius 1 is 1.20 bits per heavy atom. The fraction of sp³-hybridized carbons (Fsp3) is 0.500. The second kappa shape index (κ2) is 10.2. The van der Waals surface area contributed by atoms with Gasteiger partial charge in [-0.25, -0.2) is 9.97 Å². The summed E-state index contributed by atoms with van der Waals surface area (Å²) in [4.78, 5) is 26.7. The van der Waals surface area contributed by atoms with E-state index in [0.717, 1.165) is 49.7 Å². The molecule has 1 fully saturated rings. The van der Waals surface area contributed by atoms with Crippen molar-refractivity contribution in [1.82, 2.24) is 14.9 Å². The molecule has 0 spiro atoms. The van der Waals surface area contributed by atoms with E-state index in [1.807, 2.05) is 24.8 Å². The molecule has 1 aromatic heterocycles. The minimum Gasteiger partial charge on any atom is -0.356 e. The van der Waals surface area contributed by atoms with Gasteiger partial charge in [0.25, 0.3) is 11.7 Å². The summed E-state index contributed by atoms with van der Waals surface area (Å²) < 4.78 is 25.1. The van der Waals surface area contributed by atoms with Crippen molar-refractivity contribution in [2.45, 2.75) is 56.7 Å². The number of halogens is 2. The third-order valence-corrected chi connectivity index (χ3v) is 5.96. The molecule has 1 saturated heterocycles. The maximum Gasteiger partial charge on any atom is 0.288 e. The molecule has 2 heterocycles. The number of piperidine rings is 1. The highest BCUT2D eigenvalue weighted by atomic mass is 32.2. The van der Waals surface area contributed by atoms with E-state index in [-0.39, 0.29) is 11.9 Å². The molecule has 8 heteroatoms. The Bertz CT molecular complexity index is 834. The maximum atomic E-state index is 13.1. The van der Waals surface area contributed by atoms with Gasteiger partial charge in [0.05, 0.1) is 0 Å². The first-order valence-electron chi connectivity index (χ1n) is 10.3. The quantitative estimate of drug-likeness (QED) is 0.579. The number of aromatic nitrogens is 2. The predicted octanol–water partition coefficient (Wildman–Crippen LogP) is 4.93. The predicted molar refractivity (Wildman–Crippen MR) is 116 cm³/mol. The summed E-state index contributed by atoms with van der Waals surface area (Å²) in [5.41, 5.74) is 1.50. The highest BCUT2D eigenvalue weighted by molar-refractivity contribution is 7.99. The molecule has 2 aromatic rings. The van der Waals surface area contributed by atoms with E-state index in [1.165, 1.54) is 0 Å². The zero-order valence-electron chi connectivity index (χ0n) is 17.6. The number of aryl methyl sites for hydroxylation is 2. The lowest BCUT2D eigenvalue weighted by Crippen LogP contribution is -2.48. The van der Waals surface area contributed by atoms with Crippen LogP contribution in [0.5, 0.6) is 0 Å². The van der Waals surface area contributed by atoms with Crippen LogP contribution in [0.4, 0.5) is 14.6 Å². The minimum atomic E-state index is -2.46. The van der Waals surface area contributed by atoms with Gasteiger partial charge in [-0.05, 0) is 57.4 Å². The first-order valence-corrected chi connectivity index (χ1v) is 11.2. The van der Waals surface area contributed by atoms with Crippen LogP contribution in [0.25, 0.3) is 0 Å². The van der Waals surface area contributed by atoms with Gasteiger partial charge in [-0.15, -0.1) is 0 Å². The van der Waals surface area contributed by atoms with Crippen LogP contribution in [-0.4, -0.2) is 52.2 Å². The molecule has 162 valence electrons. The fourth-order valence-corrected chi connectivity index (χ4v) is 4.40. The Hall–Kier alpha value is -2.22. The first kappa shape index (κ1) is 22.5. The summed E-state index contributed by atoms with van der Waals surface area (Å²) in [6.45, 7) is 8.27. The number of nitrogens with zero attached hydrogens (tertiary/aromatic N) is 4. The van der Waals surface area contributed by atoms with Crippen molar-refractivity contribution < 1.29 is 13.6 Å². The van der Waals surface area contributed by atoms with E-state index >= 15 is 0 Å². The van der Waals surface area contributed by atoms with Crippen molar-refractivity contribution >= 4 is 23.5 Å². The number of alkyl halides is 2. The van der Waals surface area contributed by atoms with Crippen LogP contribution < -0.4 is 4.90 Å². The molecule has 30 heavy (non-hydrogen) atoms. The van der Waals surface area contributed by atoms with Crippen LogP contribution >= 0.6 is 11.8 Å². The highest BCUT2D eigenvalue weighted by Crippen LogP contribution is 2.27. The molecule has 5 nitrogen and oxygen atoms in total.